The van der Waals surface area contributed by atoms with Crippen LogP contribution in [0, 0.1) is 0 Å². The molecule has 10 nitrogen and oxygen atoms in total. The molecule has 188 valence electrons. The first-order valence-corrected chi connectivity index (χ1v) is 11.7. The number of nitrogens with one attached hydrogen (secondary N) is 1. The second-order valence-electron chi connectivity index (χ2n) is 8.69. The van der Waals surface area contributed by atoms with Crippen LogP contribution in [0.4, 0.5) is 8.78 Å². The molecule has 1 fully saturated rings. The first-order chi connectivity index (χ1) is 17.9. The Balaban J connectivity index is 1.53. The molecule has 5 aromatic rings. The summed E-state index contributed by atoms with van der Waals surface area (Å²) in [7, 11) is 0. The van der Waals surface area contributed by atoms with Crippen LogP contribution in [0.25, 0.3) is 33.5 Å². The molecule has 0 radical (unpaired) electrons. The number of carbonyl (C=O) groups is 1. The van der Waals surface area contributed by atoms with E-state index < -0.39 is 12.5 Å². The number of carbonyl (C=O) groups excluding carboxylic acids is 1. The first kappa shape index (κ1) is 23.3. The average Bonchev–Trinajstić information content (AvgIpc) is 3.45. The van der Waals surface area contributed by atoms with Crippen molar-refractivity contribution in [3.05, 3.63) is 65.8 Å². The molecule has 0 bridgehead atoms. The summed E-state index contributed by atoms with van der Waals surface area (Å²) in [6.45, 7) is -3.07. The second-order valence-corrected chi connectivity index (χ2v) is 9.12. The molecule has 6 rings (SSSR count). The molecule has 4 heterocycles. The molecular formula is C24H19ClF2N8O2. The number of aromatic nitrogens is 6. The summed E-state index contributed by atoms with van der Waals surface area (Å²) in [4.78, 5) is 22.1. The quantitative estimate of drug-likeness (QED) is 0.347. The van der Waals surface area contributed by atoms with Gasteiger partial charge >= 0.3 is 6.61 Å². The lowest BCUT2D eigenvalue weighted by Gasteiger charge is -2.32. The molecule has 1 aromatic carbocycles. The van der Waals surface area contributed by atoms with Gasteiger partial charge in [-0.1, -0.05) is 11.6 Å². The number of pyridine rings is 1. The first-order valence-electron chi connectivity index (χ1n) is 11.4. The molecule has 3 N–H and O–H groups in total. The highest BCUT2D eigenvalue weighted by Gasteiger charge is 2.30. The minimum absolute atomic E-state index is 0.0452. The summed E-state index contributed by atoms with van der Waals surface area (Å²) in [5.41, 5.74) is 8.20. The Morgan fingerprint density at radius 1 is 1.22 bits per heavy atom. The van der Waals surface area contributed by atoms with Crippen molar-refractivity contribution in [3.8, 4) is 22.7 Å². The van der Waals surface area contributed by atoms with Crippen molar-refractivity contribution in [2.24, 2.45) is 5.73 Å². The van der Waals surface area contributed by atoms with Crippen molar-refractivity contribution in [1.29, 1.82) is 0 Å². The van der Waals surface area contributed by atoms with Gasteiger partial charge in [0.2, 0.25) is 0 Å². The smallest absolute Gasteiger partial charge is 0.387 e. The molecule has 0 aliphatic heterocycles. The van der Waals surface area contributed by atoms with Gasteiger partial charge in [0.1, 0.15) is 5.69 Å². The number of amides is 1. The molecule has 1 amide bonds. The zero-order valence-electron chi connectivity index (χ0n) is 19.1. The Morgan fingerprint density at radius 2 is 2.05 bits per heavy atom. The minimum Gasteiger partial charge on any atom is -0.433 e. The van der Waals surface area contributed by atoms with Crippen LogP contribution in [0.1, 0.15) is 23.3 Å². The predicted octanol–water partition coefficient (Wildman–Crippen LogP) is 3.60. The summed E-state index contributed by atoms with van der Waals surface area (Å²) in [6, 6.07) is 7.61. The van der Waals surface area contributed by atoms with Gasteiger partial charge in [-0.25, -0.2) is 14.2 Å². The van der Waals surface area contributed by atoms with E-state index in [0.717, 1.165) is 0 Å². The highest BCUT2D eigenvalue weighted by atomic mass is 35.5. The van der Waals surface area contributed by atoms with Crippen molar-refractivity contribution in [1.82, 2.24) is 34.7 Å². The zero-order chi connectivity index (χ0) is 25.7. The monoisotopic (exact) mass is 524 g/mol. The van der Waals surface area contributed by atoms with E-state index in [2.05, 4.69) is 25.5 Å². The van der Waals surface area contributed by atoms with Crippen molar-refractivity contribution in [2.75, 3.05) is 0 Å². The topological polar surface area (TPSA) is 125 Å². The number of hydrogen-bond donors (Lipinski definition) is 2. The van der Waals surface area contributed by atoms with Crippen LogP contribution < -0.4 is 15.8 Å². The van der Waals surface area contributed by atoms with Gasteiger partial charge in [-0.2, -0.15) is 19.0 Å². The van der Waals surface area contributed by atoms with Gasteiger partial charge in [0.15, 0.2) is 17.1 Å². The largest absolute Gasteiger partial charge is 0.433 e. The number of ether oxygens (including phenoxy) is 1. The van der Waals surface area contributed by atoms with Crippen molar-refractivity contribution in [3.63, 3.8) is 0 Å². The Kier molecular flexibility index (Phi) is 5.69. The third kappa shape index (κ3) is 4.23. The lowest BCUT2D eigenvalue weighted by atomic mass is 9.87. The van der Waals surface area contributed by atoms with E-state index >= 15 is 0 Å². The molecule has 13 heteroatoms. The number of nitrogens with two attached hydrogens (primary N) is 1. The summed E-state index contributed by atoms with van der Waals surface area (Å²) in [5, 5.41) is 12.4. The maximum Gasteiger partial charge on any atom is 0.387 e. The van der Waals surface area contributed by atoms with E-state index in [9.17, 15) is 13.6 Å². The van der Waals surface area contributed by atoms with Gasteiger partial charge in [0.05, 0.1) is 28.4 Å². The standard InChI is InChI=1S/C24H19ClF2N8O2/c25-12-2-3-20(37-24(26)27)19(6-12)35-18-9-17(15-11-31-34-5-1-4-29-22(15)34)30-10-16(18)21(33-35)23(36)32-14-7-13(28)8-14/h1-6,9-11,13-14,24H,7-8,28H2,(H,32,36)/t13-,14+. The zero-order valence-corrected chi connectivity index (χ0v) is 19.8. The number of alkyl halides is 2. The van der Waals surface area contributed by atoms with Gasteiger partial charge in [-0.3, -0.25) is 9.78 Å². The van der Waals surface area contributed by atoms with Crippen molar-refractivity contribution < 1.29 is 18.3 Å². The third-order valence-electron chi connectivity index (χ3n) is 6.21. The van der Waals surface area contributed by atoms with Gasteiger partial charge in [0.25, 0.3) is 5.91 Å². The summed E-state index contributed by atoms with van der Waals surface area (Å²) < 4.78 is 34.1. The van der Waals surface area contributed by atoms with Crippen LogP contribution in [0.15, 0.2) is 55.1 Å². The van der Waals surface area contributed by atoms with Crippen molar-refractivity contribution in [2.45, 2.75) is 31.5 Å². The van der Waals surface area contributed by atoms with Crippen LogP contribution in [0.5, 0.6) is 5.75 Å². The van der Waals surface area contributed by atoms with Crippen LogP contribution in [-0.4, -0.2) is 54.0 Å². The van der Waals surface area contributed by atoms with E-state index in [1.165, 1.54) is 29.1 Å². The maximum atomic E-state index is 13.2. The van der Waals surface area contributed by atoms with E-state index in [1.54, 1.807) is 35.2 Å². The van der Waals surface area contributed by atoms with Gasteiger partial charge in [-0.15, -0.1) is 0 Å². The molecule has 0 atom stereocenters. The SMILES string of the molecule is N[C@H]1C[C@@H](NC(=O)c2nn(-c3cc(Cl)ccc3OC(F)F)c3cc(-c4cnn5cccnc45)ncc23)C1. The number of nitrogens with zero attached hydrogens (tertiary/aromatic N) is 6. The third-order valence-corrected chi connectivity index (χ3v) is 6.45. The molecule has 0 saturated heterocycles. The maximum absolute atomic E-state index is 13.2. The molecule has 4 aromatic heterocycles. The Morgan fingerprint density at radius 3 is 2.84 bits per heavy atom. The molecule has 1 aliphatic carbocycles. The Bertz CT molecular complexity index is 1650. The normalized spacial score (nSPS) is 17.3. The minimum atomic E-state index is -3.07. The average molecular weight is 525 g/mol. The molecule has 0 spiro atoms. The molecule has 1 aliphatic rings. The number of halogens is 3. The second kappa shape index (κ2) is 9.05. The van der Waals surface area contributed by atoms with Crippen LogP contribution in [0.2, 0.25) is 5.02 Å². The number of benzene rings is 1. The Hall–Kier alpha value is -4.16. The van der Waals surface area contributed by atoms with E-state index in [4.69, 9.17) is 22.1 Å². The molecule has 1 saturated carbocycles. The lowest BCUT2D eigenvalue weighted by Crippen LogP contribution is -2.50. The summed E-state index contributed by atoms with van der Waals surface area (Å²) >= 11 is 6.20. The fraction of sp³-hybridized carbons (Fsp3) is 0.208. The summed E-state index contributed by atoms with van der Waals surface area (Å²) in [5.74, 6) is -0.581. The van der Waals surface area contributed by atoms with Gasteiger partial charge < -0.3 is 15.8 Å². The number of rotatable bonds is 6. The van der Waals surface area contributed by atoms with E-state index in [-0.39, 0.29) is 34.2 Å². The van der Waals surface area contributed by atoms with E-state index in [0.29, 0.717) is 40.6 Å². The van der Waals surface area contributed by atoms with Gasteiger partial charge in [0, 0.05) is 35.7 Å². The van der Waals surface area contributed by atoms with E-state index in [1.807, 2.05) is 0 Å². The highest BCUT2D eigenvalue weighted by Crippen LogP contribution is 2.33. The predicted molar refractivity (Wildman–Crippen MR) is 131 cm³/mol. The van der Waals surface area contributed by atoms with Crippen LogP contribution >= 0.6 is 11.6 Å². The number of hydrogen-bond acceptors (Lipinski definition) is 7. The lowest BCUT2D eigenvalue weighted by molar-refractivity contribution is -0.0498. The van der Waals surface area contributed by atoms with Crippen molar-refractivity contribution >= 4 is 34.1 Å². The fourth-order valence-electron chi connectivity index (χ4n) is 4.40. The molecular weight excluding hydrogens is 506 g/mol. The molecule has 0 unspecified atom stereocenters. The molecule has 37 heavy (non-hydrogen) atoms. The Labute approximate surface area is 213 Å². The van der Waals surface area contributed by atoms with Crippen LogP contribution in [-0.2, 0) is 0 Å². The fourth-order valence-corrected chi connectivity index (χ4v) is 4.57. The highest BCUT2D eigenvalue weighted by molar-refractivity contribution is 6.30. The van der Waals surface area contributed by atoms with Gasteiger partial charge in [-0.05, 0) is 43.2 Å². The van der Waals surface area contributed by atoms with Crippen LogP contribution in [0.3, 0.4) is 0 Å². The summed E-state index contributed by atoms with van der Waals surface area (Å²) in [6.07, 6.45) is 7.85. The number of fused-ring (bicyclic) bond motifs is 2.